The molecule has 3 aliphatic heterocycles. The average Bonchev–Trinajstić information content (AvgIpc) is 2.06. The van der Waals surface area contributed by atoms with Crippen LogP contribution >= 0.6 is 0 Å². The second kappa shape index (κ2) is 2.11. The Morgan fingerprint density at radius 3 is 2.20 bits per heavy atom. The van der Waals surface area contributed by atoms with Crippen molar-refractivity contribution in [2.24, 2.45) is 0 Å². The van der Waals surface area contributed by atoms with Crippen molar-refractivity contribution in [1.82, 2.24) is 9.80 Å². The minimum absolute atomic E-state index is 0.823. The van der Waals surface area contributed by atoms with Gasteiger partial charge in [0.15, 0.2) is 0 Å². The largest absolute Gasteiger partial charge is 0.362 e. The van der Waals surface area contributed by atoms with Gasteiger partial charge in [0.1, 0.15) is 11.6 Å². The lowest BCUT2D eigenvalue weighted by molar-refractivity contribution is 0.108. The molecule has 0 aromatic rings. The van der Waals surface area contributed by atoms with Gasteiger partial charge in [0.2, 0.25) is 0 Å². The molecular formula is C7H10N2O. The highest BCUT2D eigenvalue weighted by atomic mass is 16.1. The Hall–Kier alpha value is -0.790. The number of carbonyl (C=O) groups excluding carboxylic acids is 1. The van der Waals surface area contributed by atoms with Gasteiger partial charge in [-0.15, -0.1) is 0 Å². The molecule has 0 saturated carbocycles. The van der Waals surface area contributed by atoms with Crippen molar-refractivity contribution in [3.05, 3.63) is 5.70 Å². The van der Waals surface area contributed by atoms with E-state index in [1.54, 1.807) is 0 Å². The summed E-state index contributed by atoms with van der Waals surface area (Å²) >= 11 is 0. The zero-order chi connectivity index (χ0) is 6.97. The van der Waals surface area contributed by atoms with Gasteiger partial charge < -0.3 is 4.90 Å². The molecule has 0 atom stereocenters. The van der Waals surface area contributed by atoms with E-state index < -0.39 is 0 Å². The zero-order valence-electron chi connectivity index (χ0n) is 5.84. The summed E-state index contributed by atoms with van der Waals surface area (Å²) in [4.78, 5) is 14.7. The van der Waals surface area contributed by atoms with E-state index in [0.717, 1.165) is 38.4 Å². The lowest BCUT2D eigenvalue weighted by Gasteiger charge is -2.42. The second-order valence-electron chi connectivity index (χ2n) is 2.81. The molecule has 3 saturated heterocycles. The molecular weight excluding hydrogens is 128 g/mol. The van der Waals surface area contributed by atoms with E-state index in [0.29, 0.717) is 0 Å². The standard InChI is InChI=1S/C7H10N2O/c10-6-7-5-8-1-3-9(7)4-2-8/h1-5H2. The Balaban J connectivity index is 2.22. The summed E-state index contributed by atoms with van der Waals surface area (Å²) in [6.07, 6.45) is 0. The van der Waals surface area contributed by atoms with E-state index in [1.165, 1.54) is 0 Å². The van der Waals surface area contributed by atoms with Gasteiger partial charge in [0.25, 0.3) is 0 Å². The first kappa shape index (κ1) is 5.96. The number of piperazine rings is 3. The van der Waals surface area contributed by atoms with E-state index in [1.807, 2.05) is 5.94 Å². The average molecular weight is 138 g/mol. The normalized spacial score (nSPS) is 25.2. The number of rotatable bonds is 0. The molecule has 3 aliphatic rings. The molecule has 0 amide bonds. The lowest BCUT2D eigenvalue weighted by Crippen LogP contribution is -2.54. The molecule has 0 N–H and O–H groups in total. The molecule has 0 spiro atoms. The van der Waals surface area contributed by atoms with Gasteiger partial charge in [-0.05, 0) is 0 Å². The first-order valence-electron chi connectivity index (χ1n) is 3.61. The van der Waals surface area contributed by atoms with Gasteiger partial charge in [-0.25, -0.2) is 4.79 Å². The van der Waals surface area contributed by atoms with Crippen molar-refractivity contribution in [3.63, 3.8) is 0 Å². The molecule has 3 rings (SSSR count). The summed E-state index contributed by atoms with van der Waals surface area (Å²) < 4.78 is 0. The monoisotopic (exact) mass is 138 g/mol. The van der Waals surface area contributed by atoms with Crippen molar-refractivity contribution in [1.29, 1.82) is 0 Å². The van der Waals surface area contributed by atoms with Crippen LogP contribution in [0, 0.1) is 0 Å². The third kappa shape index (κ3) is 0.753. The summed E-state index contributed by atoms with van der Waals surface area (Å²) in [5, 5.41) is 0. The minimum atomic E-state index is 0.823. The van der Waals surface area contributed by atoms with Crippen molar-refractivity contribution in [2.75, 3.05) is 32.7 Å². The quantitative estimate of drug-likeness (QED) is 0.415. The SMILES string of the molecule is O=C=C1CN2CCN1CC2. The molecule has 0 aliphatic carbocycles. The number of hydrogen-bond acceptors (Lipinski definition) is 3. The van der Waals surface area contributed by atoms with E-state index in [-0.39, 0.29) is 0 Å². The molecule has 0 radical (unpaired) electrons. The highest BCUT2D eigenvalue weighted by Gasteiger charge is 2.26. The van der Waals surface area contributed by atoms with Crippen LogP contribution in [0.25, 0.3) is 0 Å². The molecule has 54 valence electrons. The fourth-order valence-corrected chi connectivity index (χ4v) is 1.58. The predicted molar refractivity (Wildman–Crippen MR) is 37.2 cm³/mol. The fraction of sp³-hybridized carbons (Fsp3) is 0.714. The maximum absolute atomic E-state index is 10.3. The van der Waals surface area contributed by atoms with E-state index in [2.05, 4.69) is 9.80 Å². The third-order valence-electron chi connectivity index (χ3n) is 2.25. The second-order valence-corrected chi connectivity index (χ2v) is 2.81. The molecule has 2 bridgehead atoms. The van der Waals surface area contributed by atoms with Crippen LogP contribution in [0.3, 0.4) is 0 Å². The fourth-order valence-electron chi connectivity index (χ4n) is 1.58. The minimum Gasteiger partial charge on any atom is -0.362 e. The number of hydrogen-bond donors (Lipinski definition) is 0. The van der Waals surface area contributed by atoms with Crippen LogP contribution < -0.4 is 0 Å². The van der Waals surface area contributed by atoms with E-state index in [9.17, 15) is 4.79 Å². The molecule has 0 aromatic heterocycles. The first-order chi connectivity index (χ1) is 4.90. The Morgan fingerprint density at radius 2 is 1.90 bits per heavy atom. The van der Waals surface area contributed by atoms with Crippen LogP contribution in [-0.4, -0.2) is 48.5 Å². The highest BCUT2D eigenvalue weighted by molar-refractivity contribution is 5.53. The van der Waals surface area contributed by atoms with Crippen molar-refractivity contribution in [2.45, 2.75) is 0 Å². The van der Waals surface area contributed by atoms with Gasteiger partial charge >= 0.3 is 0 Å². The molecule has 3 heteroatoms. The first-order valence-corrected chi connectivity index (χ1v) is 3.61. The maximum Gasteiger partial charge on any atom is 0.147 e. The summed E-state index contributed by atoms with van der Waals surface area (Å²) in [5.74, 6) is 1.99. The maximum atomic E-state index is 10.3. The summed E-state index contributed by atoms with van der Waals surface area (Å²) in [7, 11) is 0. The van der Waals surface area contributed by atoms with Crippen molar-refractivity contribution in [3.8, 4) is 0 Å². The summed E-state index contributed by atoms with van der Waals surface area (Å²) in [6, 6.07) is 0. The molecule has 3 nitrogen and oxygen atoms in total. The van der Waals surface area contributed by atoms with Gasteiger partial charge in [-0.1, -0.05) is 0 Å². The molecule has 0 unspecified atom stereocenters. The van der Waals surface area contributed by atoms with Crippen LogP contribution in [0.4, 0.5) is 0 Å². The van der Waals surface area contributed by atoms with Crippen LogP contribution in [0.2, 0.25) is 0 Å². The molecule has 3 fully saturated rings. The van der Waals surface area contributed by atoms with Gasteiger partial charge in [-0.3, -0.25) is 4.90 Å². The number of fused-ring (bicyclic) bond motifs is 3. The lowest BCUT2D eigenvalue weighted by atomic mass is 10.2. The van der Waals surface area contributed by atoms with Crippen LogP contribution in [0.1, 0.15) is 0 Å². The predicted octanol–water partition coefficient (Wildman–Crippen LogP) is -0.667. The molecule has 3 heterocycles. The highest BCUT2D eigenvalue weighted by Crippen LogP contribution is 2.15. The van der Waals surface area contributed by atoms with Gasteiger partial charge in [0, 0.05) is 32.7 Å². The van der Waals surface area contributed by atoms with Crippen molar-refractivity contribution < 1.29 is 4.79 Å². The molecule has 0 aromatic carbocycles. The Bertz CT molecular complexity index is 188. The Kier molecular flexibility index (Phi) is 1.26. The topological polar surface area (TPSA) is 23.6 Å². The van der Waals surface area contributed by atoms with Crippen molar-refractivity contribution >= 4 is 5.94 Å². The van der Waals surface area contributed by atoms with E-state index >= 15 is 0 Å². The summed E-state index contributed by atoms with van der Waals surface area (Å²) in [6.45, 7) is 5.09. The zero-order valence-corrected chi connectivity index (χ0v) is 5.84. The Labute approximate surface area is 59.9 Å². The summed E-state index contributed by atoms with van der Waals surface area (Å²) in [5.41, 5.74) is 0.845. The Morgan fingerprint density at radius 1 is 1.20 bits per heavy atom. The van der Waals surface area contributed by atoms with Crippen LogP contribution in [0.15, 0.2) is 5.70 Å². The van der Waals surface area contributed by atoms with Gasteiger partial charge in [-0.2, -0.15) is 0 Å². The van der Waals surface area contributed by atoms with E-state index in [4.69, 9.17) is 0 Å². The van der Waals surface area contributed by atoms with Gasteiger partial charge in [0.05, 0.1) is 0 Å². The van der Waals surface area contributed by atoms with Crippen LogP contribution in [-0.2, 0) is 4.79 Å². The smallest absolute Gasteiger partial charge is 0.147 e. The third-order valence-corrected chi connectivity index (χ3v) is 2.25. The number of nitrogens with zero attached hydrogens (tertiary/aromatic N) is 2. The molecule has 10 heavy (non-hydrogen) atoms. The van der Waals surface area contributed by atoms with Crippen LogP contribution in [0.5, 0.6) is 0 Å².